The number of Topliss-reactive ketones (excluding diaryl/α,β-unsaturated/α-hetero) is 1. The number of rotatable bonds is 5. The standard InChI is InChI=1S/C23H28N2O4/c1-5-24-23(27)25-20(16-6-10-18(28-3)11-7-16)14-21(26)15(2)22(25)17-8-12-19(29-4)13-9-17/h6-13,15,20,22H,5,14H2,1-4H3,(H,24,27)/t15-,20+,22+/m1/s1. The van der Waals surface area contributed by atoms with Crippen LogP contribution in [-0.4, -0.2) is 37.5 Å². The highest BCUT2D eigenvalue weighted by Crippen LogP contribution is 2.43. The lowest BCUT2D eigenvalue weighted by Gasteiger charge is -2.45. The maximum atomic E-state index is 13.1. The SMILES string of the molecule is CCNC(=O)N1[C@H](c2ccc(OC)cc2)[C@H](C)C(=O)C[C@H]1c1ccc(OC)cc1. The monoisotopic (exact) mass is 396 g/mol. The Morgan fingerprint density at radius 2 is 1.52 bits per heavy atom. The van der Waals surface area contributed by atoms with Crippen molar-refractivity contribution in [2.45, 2.75) is 32.4 Å². The predicted molar refractivity (Wildman–Crippen MR) is 111 cm³/mol. The molecule has 1 heterocycles. The first kappa shape index (κ1) is 20.7. The van der Waals surface area contributed by atoms with E-state index in [1.807, 2.05) is 67.3 Å². The number of hydrogen-bond donors (Lipinski definition) is 1. The molecule has 0 spiro atoms. The molecule has 2 aromatic rings. The van der Waals surface area contributed by atoms with Crippen molar-refractivity contribution >= 4 is 11.8 Å². The largest absolute Gasteiger partial charge is 0.497 e. The summed E-state index contributed by atoms with van der Waals surface area (Å²) in [6, 6.07) is 14.3. The number of likely N-dealkylation sites (tertiary alicyclic amines) is 1. The van der Waals surface area contributed by atoms with Crippen molar-refractivity contribution in [2.24, 2.45) is 5.92 Å². The van der Waals surface area contributed by atoms with Crippen molar-refractivity contribution in [1.29, 1.82) is 0 Å². The molecule has 2 amide bonds. The first-order valence-electron chi connectivity index (χ1n) is 9.86. The van der Waals surface area contributed by atoms with Crippen LogP contribution in [0.25, 0.3) is 0 Å². The highest BCUT2D eigenvalue weighted by Gasteiger charge is 2.43. The average molecular weight is 396 g/mol. The Morgan fingerprint density at radius 3 is 2.00 bits per heavy atom. The second-order valence-electron chi connectivity index (χ2n) is 7.21. The van der Waals surface area contributed by atoms with E-state index in [9.17, 15) is 9.59 Å². The van der Waals surface area contributed by atoms with Crippen LogP contribution in [0.5, 0.6) is 11.5 Å². The quantitative estimate of drug-likeness (QED) is 0.825. The average Bonchev–Trinajstić information content (AvgIpc) is 2.75. The Bertz CT molecular complexity index is 848. The molecule has 154 valence electrons. The third-order valence-corrected chi connectivity index (χ3v) is 5.53. The van der Waals surface area contributed by atoms with Crippen molar-refractivity contribution in [2.75, 3.05) is 20.8 Å². The minimum absolute atomic E-state index is 0.146. The molecule has 0 aliphatic carbocycles. The molecule has 0 radical (unpaired) electrons. The van der Waals surface area contributed by atoms with Crippen LogP contribution in [0.2, 0.25) is 0 Å². The number of ketones is 1. The number of nitrogens with zero attached hydrogens (tertiary/aromatic N) is 1. The van der Waals surface area contributed by atoms with E-state index in [4.69, 9.17) is 9.47 Å². The van der Waals surface area contributed by atoms with Crippen molar-refractivity contribution in [1.82, 2.24) is 10.2 Å². The first-order valence-corrected chi connectivity index (χ1v) is 9.86. The number of nitrogens with one attached hydrogen (secondary N) is 1. The summed E-state index contributed by atoms with van der Waals surface area (Å²) in [6.45, 7) is 4.30. The van der Waals surface area contributed by atoms with E-state index in [2.05, 4.69) is 5.32 Å². The first-order chi connectivity index (χ1) is 14.0. The number of carbonyl (C=O) groups excluding carboxylic acids is 2. The Hall–Kier alpha value is -3.02. The minimum Gasteiger partial charge on any atom is -0.497 e. The molecule has 6 nitrogen and oxygen atoms in total. The number of ether oxygens (including phenoxy) is 2. The van der Waals surface area contributed by atoms with Crippen LogP contribution in [0, 0.1) is 5.92 Å². The molecule has 0 unspecified atom stereocenters. The second-order valence-corrected chi connectivity index (χ2v) is 7.21. The summed E-state index contributed by atoms with van der Waals surface area (Å²) in [5, 5.41) is 2.92. The summed E-state index contributed by atoms with van der Waals surface area (Å²) >= 11 is 0. The summed E-state index contributed by atoms with van der Waals surface area (Å²) in [7, 11) is 3.23. The van der Waals surface area contributed by atoms with Crippen LogP contribution in [0.15, 0.2) is 48.5 Å². The van der Waals surface area contributed by atoms with Crippen LogP contribution >= 0.6 is 0 Å². The lowest BCUT2D eigenvalue weighted by Crippen LogP contribution is -2.51. The zero-order chi connectivity index (χ0) is 21.0. The number of benzene rings is 2. The molecule has 1 aliphatic rings. The van der Waals surface area contributed by atoms with Crippen molar-refractivity contribution in [3.63, 3.8) is 0 Å². The number of carbonyl (C=O) groups is 2. The van der Waals surface area contributed by atoms with Crippen molar-refractivity contribution in [3.05, 3.63) is 59.7 Å². The number of piperidine rings is 1. The van der Waals surface area contributed by atoms with Gasteiger partial charge in [0.2, 0.25) is 0 Å². The Balaban J connectivity index is 2.06. The summed E-state index contributed by atoms with van der Waals surface area (Å²) in [6.07, 6.45) is 0.289. The van der Waals surface area contributed by atoms with E-state index in [-0.39, 0.29) is 36.2 Å². The lowest BCUT2D eigenvalue weighted by atomic mass is 9.80. The highest BCUT2D eigenvalue weighted by atomic mass is 16.5. The molecular weight excluding hydrogens is 368 g/mol. The zero-order valence-electron chi connectivity index (χ0n) is 17.3. The highest BCUT2D eigenvalue weighted by molar-refractivity contribution is 5.86. The van der Waals surface area contributed by atoms with Crippen LogP contribution in [0.1, 0.15) is 43.5 Å². The van der Waals surface area contributed by atoms with E-state index in [0.29, 0.717) is 6.54 Å². The molecule has 29 heavy (non-hydrogen) atoms. The smallest absolute Gasteiger partial charge is 0.318 e. The second kappa shape index (κ2) is 8.99. The molecule has 0 aromatic heterocycles. The molecule has 6 heteroatoms. The van der Waals surface area contributed by atoms with Gasteiger partial charge in [-0.05, 0) is 42.3 Å². The lowest BCUT2D eigenvalue weighted by molar-refractivity contribution is -0.129. The van der Waals surface area contributed by atoms with Gasteiger partial charge in [0, 0.05) is 18.9 Å². The molecule has 0 bridgehead atoms. The maximum absolute atomic E-state index is 13.1. The third-order valence-electron chi connectivity index (χ3n) is 5.53. The molecule has 2 aromatic carbocycles. The van der Waals surface area contributed by atoms with Crippen molar-refractivity contribution < 1.29 is 19.1 Å². The molecule has 1 fully saturated rings. The Morgan fingerprint density at radius 1 is 1.00 bits per heavy atom. The van der Waals surface area contributed by atoms with E-state index in [1.54, 1.807) is 14.2 Å². The molecule has 1 saturated heterocycles. The van der Waals surface area contributed by atoms with Gasteiger partial charge in [0.1, 0.15) is 17.3 Å². The molecule has 3 atom stereocenters. The van der Waals surface area contributed by atoms with Crippen LogP contribution in [0.3, 0.4) is 0 Å². The Labute approximate surface area is 171 Å². The number of amides is 2. The van der Waals surface area contributed by atoms with Crippen LogP contribution < -0.4 is 14.8 Å². The fourth-order valence-electron chi connectivity index (χ4n) is 3.95. The van der Waals surface area contributed by atoms with Gasteiger partial charge in [-0.1, -0.05) is 31.2 Å². The number of hydrogen-bond acceptors (Lipinski definition) is 4. The summed E-state index contributed by atoms with van der Waals surface area (Å²) in [5.74, 6) is 1.31. The Kier molecular flexibility index (Phi) is 6.42. The summed E-state index contributed by atoms with van der Waals surface area (Å²) < 4.78 is 10.5. The van der Waals surface area contributed by atoms with E-state index in [0.717, 1.165) is 22.6 Å². The van der Waals surface area contributed by atoms with Crippen molar-refractivity contribution in [3.8, 4) is 11.5 Å². The van der Waals surface area contributed by atoms with Gasteiger partial charge in [-0.3, -0.25) is 4.79 Å². The van der Waals surface area contributed by atoms with E-state index < -0.39 is 0 Å². The third kappa shape index (κ3) is 4.21. The van der Waals surface area contributed by atoms with Gasteiger partial charge < -0.3 is 19.7 Å². The number of methoxy groups -OCH3 is 2. The fraction of sp³-hybridized carbons (Fsp3) is 0.391. The minimum atomic E-state index is -0.360. The van der Waals surface area contributed by atoms with Crippen LogP contribution in [-0.2, 0) is 4.79 Å². The van der Waals surface area contributed by atoms with Gasteiger partial charge in [-0.2, -0.15) is 0 Å². The van der Waals surface area contributed by atoms with Gasteiger partial charge in [0.25, 0.3) is 0 Å². The van der Waals surface area contributed by atoms with E-state index in [1.165, 1.54) is 0 Å². The summed E-state index contributed by atoms with van der Waals surface area (Å²) in [4.78, 5) is 27.9. The topological polar surface area (TPSA) is 67.9 Å². The normalized spacial score (nSPS) is 21.6. The zero-order valence-corrected chi connectivity index (χ0v) is 17.3. The maximum Gasteiger partial charge on any atom is 0.318 e. The molecule has 1 aliphatic heterocycles. The molecular formula is C23H28N2O4. The van der Waals surface area contributed by atoms with Crippen LogP contribution in [0.4, 0.5) is 4.79 Å². The van der Waals surface area contributed by atoms with Gasteiger partial charge in [0.15, 0.2) is 0 Å². The fourth-order valence-corrected chi connectivity index (χ4v) is 3.95. The summed E-state index contributed by atoms with van der Waals surface area (Å²) in [5.41, 5.74) is 1.83. The molecule has 3 rings (SSSR count). The van der Waals surface area contributed by atoms with E-state index >= 15 is 0 Å². The number of urea groups is 1. The predicted octanol–water partition coefficient (Wildman–Crippen LogP) is 4.13. The van der Waals surface area contributed by atoms with Gasteiger partial charge in [-0.25, -0.2) is 4.79 Å². The molecule has 0 saturated carbocycles. The van der Waals surface area contributed by atoms with Gasteiger partial charge >= 0.3 is 6.03 Å². The van der Waals surface area contributed by atoms with Gasteiger partial charge in [0.05, 0.1) is 26.3 Å². The molecule has 1 N–H and O–H groups in total. The van der Waals surface area contributed by atoms with Gasteiger partial charge in [-0.15, -0.1) is 0 Å².